The van der Waals surface area contributed by atoms with Crippen LogP contribution in [0.2, 0.25) is 0 Å². The van der Waals surface area contributed by atoms with Crippen LogP contribution in [0.15, 0.2) is 12.4 Å². The van der Waals surface area contributed by atoms with Gasteiger partial charge in [-0.2, -0.15) is 0 Å². The zero-order valence-corrected chi connectivity index (χ0v) is 11.1. The van der Waals surface area contributed by atoms with E-state index >= 15 is 0 Å². The first-order chi connectivity index (χ1) is 8.85. The summed E-state index contributed by atoms with van der Waals surface area (Å²) in [5, 5.41) is 3.52. The average Bonchev–Trinajstić information content (AvgIpc) is 2.46. The standard InChI is InChI=1S/C13H21N3O2/c1-3-14-13(10-4-6-18-7-5-10)11-8-12(17-2)16-9-15-11/h8-10,13-14H,3-7H2,1-2H3. The van der Waals surface area contributed by atoms with Crippen molar-refractivity contribution in [3.05, 3.63) is 18.1 Å². The highest BCUT2D eigenvalue weighted by Gasteiger charge is 2.26. The Hall–Kier alpha value is -1.20. The van der Waals surface area contributed by atoms with E-state index in [-0.39, 0.29) is 6.04 Å². The molecule has 0 bridgehead atoms. The number of nitrogens with one attached hydrogen (secondary N) is 1. The second kappa shape index (κ2) is 6.66. The normalized spacial score (nSPS) is 18.6. The number of rotatable bonds is 5. The molecule has 0 spiro atoms. The van der Waals surface area contributed by atoms with Gasteiger partial charge in [0.2, 0.25) is 5.88 Å². The van der Waals surface area contributed by atoms with Gasteiger partial charge in [-0.25, -0.2) is 9.97 Å². The highest BCUT2D eigenvalue weighted by Crippen LogP contribution is 2.29. The van der Waals surface area contributed by atoms with Crippen LogP contribution in [0.5, 0.6) is 5.88 Å². The summed E-state index contributed by atoms with van der Waals surface area (Å²) >= 11 is 0. The number of aromatic nitrogens is 2. The number of hydrogen-bond donors (Lipinski definition) is 1. The van der Waals surface area contributed by atoms with Gasteiger partial charge in [0.05, 0.1) is 18.8 Å². The van der Waals surface area contributed by atoms with Crippen molar-refractivity contribution in [1.29, 1.82) is 0 Å². The Balaban J connectivity index is 2.16. The third kappa shape index (κ3) is 3.17. The van der Waals surface area contributed by atoms with Gasteiger partial charge in [-0.15, -0.1) is 0 Å². The molecule has 2 heterocycles. The third-order valence-corrected chi connectivity index (χ3v) is 3.35. The monoisotopic (exact) mass is 251 g/mol. The minimum absolute atomic E-state index is 0.260. The lowest BCUT2D eigenvalue weighted by Gasteiger charge is -2.30. The molecule has 1 unspecified atom stereocenters. The van der Waals surface area contributed by atoms with Gasteiger partial charge in [0, 0.05) is 19.3 Å². The molecule has 1 aromatic rings. The van der Waals surface area contributed by atoms with E-state index < -0.39 is 0 Å². The minimum Gasteiger partial charge on any atom is -0.481 e. The van der Waals surface area contributed by atoms with E-state index in [2.05, 4.69) is 22.2 Å². The van der Waals surface area contributed by atoms with Crippen molar-refractivity contribution < 1.29 is 9.47 Å². The van der Waals surface area contributed by atoms with Gasteiger partial charge in [-0.05, 0) is 25.3 Å². The molecule has 1 aromatic heterocycles. The second-order valence-electron chi connectivity index (χ2n) is 4.47. The number of ether oxygens (including phenoxy) is 2. The van der Waals surface area contributed by atoms with Crippen LogP contribution in [0, 0.1) is 5.92 Å². The van der Waals surface area contributed by atoms with Gasteiger partial charge in [0.25, 0.3) is 0 Å². The lowest BCUT2D eigenvalue weighted by Crippen LogP contribution is -2.32. The third-order valence-electron chi connectivity index (χ3n) is 3.35. The molecule has 1 atom stereocenters. The van der Waals surface area contributed by atoms with Crippen molar-refractivity contribution in [2.75, 3.05) is 26.9 Å². The van der Waals surface area contributed by atoms with Gasteiger partial charge < -0.3 is 14.8 Å². The molecule has 0 amide bonds. The SMILES string of the molecule is CCNC(c1cc(OC)ncn1)C1CCOCC1. The Kier molecular flexibility index (Phi) is 4.90. The molecule has 1 aliphatic rings. The van der Waals surface area contributed by atoms with Crippen molar-refractivity contribution in [1.82, 2.24) is 15.3 Å². The van der Waals surface area contributed by atoms with Gasteiger partial charge in [-0.1, -0.05) is 6.92 Å². The molecule has 2 rings (SSSR count). The average molecular weight is 251 g/mol. The van der Waals surface area contributed by atoms with Gasteiger partial charge >= 0.3 is 0 Å². The quantitative estimate of drug-likeness (QED) is 0.860. The van der Waals surface area contributed by atoms with Crippen LogP contribution in [0.4, 0.5) is 0 Å². The minimum atomic E-state index is 0.260. The molecule has 1 fully saturated rings. The highest BCUT2D eigenvalue weighted by atomic mass is 16.5. The fourth-order valence-corrected chi connectivity index (χ4v) is 2.42. The first kappa shape index (κ1) is 13.2. The Labute approximate surface area is 108 Å². The first-order valence-electron chi connectivity index (χ1n) is 6.52. The van der Waals surface area contributed by atoms with Crippen molar-refractivity contribution in [3.8, 4) is 5.88 Å². The molecule has 0 saturated carbocycles. The maximum absolute atomic E-state index is 5.42. The molecule has 0 aromatic carbocycles. The zero-order valence-electron chi connectivity index (χ0n) is 11.1. The van der Waals surface area contributed by atoms with E-state index in [1.165, 1.54) is 0 Å². The van der Waals surface area contributed by atoms with E-state index in [1.807, 2.05) is 6.07 Å². The lowest BCUT2D eigenvalue weighted by atomic mass is 9.89. The maximum Gasteiger partial charge on any atom is 0.216 e. The molecular formula is C13H21N3O2. The predicted molar refractivity (Wildman–Crippen MR) is 68.5 cm³/mol. The summed E-state index contributed by atoms with van der Waals surface area (Å²) in [6.07, 6.45) is 3.71. The highest BCUT2D eigenvalue weighted by molar-refractivity contribution is 5.17. The number of methoxy groups -OCH3 is 1. The van der Waals surface area contributed by atoms with Crippen LogP contribution >= 0.6 is 0 Å². The second-order valence-corrected chi connectivity index (χ2v) is 4.47. The van der Waals surface area contributed by atoms with Crippen molar-refractivity contribution >= 4 is 0 Å². The summed E-state index contributed by atoms with van der Waals surface area (Å²) in [6, 6.07) is 2.18. The van der Waals surface area contributed by atoms with Gasteiger partial charge in [0.1, 0.15) is 6.33 Å². The Morgan fingerprint density at radius 3 is 2.89 bits per heavy atom. The maximum atomic E-state index is 5.42. The molecule has 1 saturated heterocycles. The van der Waals surface area contributed by atoms with Crippen LogP contribution in [-0.4, -0.2) is 36.8 Å². The lowest BCUT2D eigenvalue weighted by molar-refractivity contribution is 0.0532. The van der Waals surface area contributed by atoms with Crippen LogP contribution in [0.25, 0.3) is 0 Å². The smallest absolute Gasteiger partial charge is 0.216 e. The summed E-state index contributed by atoms with van der Waals surface area (Å²) in [5.74, 6) is 1.19. The summed E-state index contributed by atoms with van der Waals surface area (Å²) in [5.41, 5.74) is 1.01. The van der Waals surface area contributed by atoms with E-state index in [1.54, 1.807) is 13.4 Å². The topological polar surface area (TPSA) is 56.3 Å². The predicted octanol–water partition coefficient (Wildman–Crippen LogP) is 1.56. The fraction of sp³-hybridized carbons (Fsp3) is 0.692. The van der Waals surface area contributed by atoms with E-state index in [0.717, 1.165) is 38.3 Å². The molecule has 18 heavy (non-hydrogen) atoms. The fourth-order valence-electron chi connectivity index (χ4n) is 2.42. The first-order valence-corrected chi connectivity index (χ1v) is 6.52. The Morgan fingerprint density at radius 1 is 1.44 bits per heavy atom. The molecule has 5 heteroatoms. The molecule has 1 N–H and O–H groups in total. The van der Waals surface area contributed by atoms with Crippen LogP contribution in [-0.2, 0) is 4.74 Å². The summed E-state index contributed by atoms with van der Waals surface area (Å²) in [7, 11) is 1.63. The molecule has 100 valence electrons. The van der Waals surface area contributed by atoms with Crippen molar-refractivity contribution in [2.24, 2.45) is 5.92 Å². The molecular weight excluding hydrogens is 230 g/mol. The zero-order chi connectivity index (χ0) is 12.8. The summed E-state index contributed by atoms with van der Waals surface area (Å²) in [6.45, 7) is 4.72. The van der Waals surface area contributed by atoms with E-state index in [0.29, 0.717) is 11.8 Å². The molecule has 1 aliphatic heterocycles. The molecule has 0 radical (unpaired) electrons. The molecule has 0 aliphatic carbocycles. The Morgan fingerprint density at radius 2 is 2.22 bits per heavy atom. The van der Waals surface area contributed by atoms with E-state index in [9.17, 15) is 0 Å². The number of nitrogens with zero attached hydrogens (tertiary/aromatic N) is 2. The van der Waals surface area contributed by atoms with E-state index in [4.69, 9.17) is 9.47 Å². The summed E-state index contributed by atoms with van der Waals surface area (Å²) in [4.78, 5) is 8.45. The van der Waals surface area contributed by atoms with Crippen LogP contribution < -0.4 is 10.1 Å². The largest absolute Gasteiger partial charge is 0.481 e. The van der Waals surface area contributed by atoms with Crippen molar-refractivity contribution in [3.63, 3.8) is 0 Å². The van der Waals surface area contributed by atoms with Crippen LogP contribution in [0.1, 0.15) is 31.5 Å². The van der Waals surface area contributed by atoms with Gasteiger partial charge in [-0.3, -0.25) is 0 Å². The van der Waals surface area contributed by atoms with Crippen LogP contribution in [0.3, 0.4) is 0 Å². The van der Waals surface area contributed by atoms with Gasteiger partial charge in [0.15, 0.2) is 0 Å². The number of hydrogen-bond acceptors (Lipinski definition) is 5. The Bertz CT molecular complexity index is 367. The van der Waals surface area contributed by atoms with Crippen molar-refractivity contribution in [2.45, 2.75) is 25.8 Å². The summed E-state index contributed by atoms with van der Waals surface area (Å²) < 4.78 is 10.6. The molecule has 5 nitrogen and oxygen atoms in total.